The van der Waals surface area contributed by atoms with Gasteiger partial charge in [-0.3, -0.25) is 4.98 Å². The van der Waals surface area contributed by atoms with Crippen LogP contribution in [0.2, 0.25) is 0 Å². The first-order valence-electron chi connectivity index (χ1n) is 5.89. The third-order valence-electron chi connectivity index (χ3n) is 2.87. The Hall–Kier alpha value is -1.95. The average molecular weight is 284 g/mol. The number of hydrogen-bond donors (Lipinski definition) is 1. The third kappa shape index (κ3) is 3.54. The Morgan fingerprint density at radius 1 is 1.05 bits per heavy atom. The van der Waals surface area contributed by atoms with Crippen LogP contribution in [0, 0.1) is 5.82 Å². The zero-order valence-electron chi connectivity index (χ0n) is 10.4. The van der Waals surface area contributed by atoms with Crippen molar-refractivity contribution in [2.24, 2.45) is 5.73 Å². The first-order chi connectivity index (χ1) is 9.36. The van der Waals surface area contributed by atoms with Crippen molar-refractivity contribution in [3.05, 3.63) is 65.2 Å². The predicted molar refractivity (Wildman–Crippen MR) is 66.3 cm³/mol. The van der Waals surface area contributed by atoms with E-state index >= 15 is 0 Å². The van der Waals surface area contributed by atoms with Crippen molar-refractivity contribution in [3.63, 3.8) is 0 Å². The monoisotopic (exact) mass is 284 g/mol. The van der Waals surface area contributed by atoms with E-state index in [0.29, 0.717) is 17.7 Å². The molecule has 0 aliphatic heterocycles. The lowest BCUT2D eigenvalue weighted by atomic mass is 10.0. The van der Waals surface area contributed by atoms with Gasteiger partial charge in [0.15, 0.2) is 0 Å². The topological polar surface area (TPSA) is 38.9 Å². The lowest BCUT2D eigenvalue weighted by Gasteiger charge is -2.12. The molecule has 0 amide bonds. The van der Waals surface area contributed by atoms with Crippen LogP contribution >= 0.6 is 0 Å². The van der Waals surface area contributed by atoms with Gasteiger partial charge in [0, 0.05) is 0 Å². The van der Waals surface area contributed by atoms with Crippen LogP contribution in [0.25, 0.3) is 0 Å². The highest BCUT2D eigenvalue weighted by Gasteiger charge is 2.29. The molecule has 0 spiro atoms. The minimum atomic E-state index is -4.35. The SMILES string of the molecule is NC(Cc1ccc(C(F)(F)F)cc1)c1ccc(F)cn1. The Morgan fingerprint density at radius 2 is 1.70 bits per heavy atom. The number of aromatic nitrogens is 1. The molecular weight excluding hydrogens is 272 g/mol. The molecule has 0 bridgehead atoms. The fourth-order valence-electron chi connectivity index (χ4n) is 1.79. The molecule has 106 valence electrons. The minimum absolute atomic E-state index is 0.330. The summed E-state index contributed by atoms with van der Waals surface area (Å²) in [5.74, 6) is -0.463. The number of halogens is 4. The van der Waals surface area contributed by atoms with E-state index in [-0.39, 0.29) is 0 Å². The van der Waals surface area contributed by atoms with Gasteiger partial charge in [0.2, 0.25) is 0 Å². The Labute approximate surface area is 113 Å². The van der Waals surface area contributed by atoms with Crippen molar-refractivity contribution < 1.29 is 17.6 Å². The van der Waals surface area contributed by atoms with Crippen LogP contribution in [0.15, 0.2) is 42.6 Å². The Morgan fingerprint density at radius 3 is 2.20 bits per heavy atom. The van der Waals surface area contributed by atoms with Crippen LogP contribution in [-0.4, -0.2) is 4.98 Å². The van der Waals surface area contributed by atoms with Crippen molar-refractivity contribution in [1.29, 1.82) is 0 Å². The number of benzene rings is 1. The van der Waals surface area contributed by atoms with Crippen molar-refractivity contribution in [1.82, 2.24) is 4.98 Å². The fourth-order valence-corrected chi connectivity index (χ4v) is 1.79. The second-order valence-corrected chi connectivity index (χ2v) is 4.41. The number of rotatable bonds is 3. The highest BCUT2D eigenvalue weighted by Crippen LogP contribution is 2.29. The summed E-state index contributed by atoms with van der Waals surface area (Å²) in [4.78, 5) is 3.85. The minimum Gasteiger partial charge on any atom is -0.322 e. The number of nitrogens with zero attached hydrogens (tertiary/aromatic N) is 1. The van der Waals surface area contributed by atoms with Gasteiger partial charge in [0.1, 0.15) is 5.82 Å². The lowest BCUT2D eigenvalue weighted by molar-refractivity contribution is -0.137. The molecule has 2 N–H and O–H groups in total. The molecule has 1 aromatic heterocycles. The van der Waals surface area contributed by atoms with E-state index in [1.54, 1.807) is 0 Å². The molecule has 6 heteroatoms. The maximum atomic E-state index is 12.7. The van der Waals surface area contributed by atoms with Gasteiger partial charge in [-0.15, -0.1) is 0 Å². The van der Waals surface area contributed by atoms with E-state index in [0.717, 1.165) is 18.3 Å². The summed E-state index contributed by atoms with van der Waals surface area (Å²) in [7, 11) is 0. The predicted octanol–water partition coefficient (Wildman–Crippen LogP) is 3.48. The van der Waals surface area contributed by atoms with E-state index in [2.05, 4.69) is 4.98 Å². The molecule has 1 unspecified atom stereocenters. The molecule has 2 aromatic rings. The van der Waals surface area contributed by atoms with Gasteiger partial charge >= 0.3 is 6.18 Å². The van der Waals surface area contributed by atoms with Crippen LogP contribution in [0.3, 0.4) is 0 Å². The Kier molecular flexibility index (Phi) is 4.04. The number of alkyl halides is 3. The van der Waals surface area contributed by atoms with E-state index in [1.807, 2.05) is 0 Å². The molecule has 2 rings (SSSR count). The van der Waals surface area contributed by atoms with Gasteiger partial charge < -0.3 is 5.73 Å². The zero-order valence-corrected chi connectivity index (χ0v) is 10.4. The number of nitrogens with two attached hydrogens (primary N) is 1. The van der Waals surface area contributed by atoms with E-state index in [9.17, 15) is 17.6 Å². The summed E-state index contributed by atoms with van der Waals surface area (Å²) in [5.41, 5.74) is 6.35. The summed E-state index contributed by atoms with van der Waals surface area (Å²) in [6.45, 7) is 0. The van der Waals surface area contributed by atoms with Crippen LogP contribution in [0.4, 0.5) is 17.6 Å². The highest BCUT2D eigenvalue weighted by atomic mass is 19.4. The summed E-state index contributed by atoms with van der Waals surface area (Å²) in [6.07, 6.45) is -2.96. The van der Waals surface area contributed by atoms with Gasteiger partial charge in [-0.05, 0) is 36.2 Å². The van der Waals surface area contributed by atoms with Gasteiger partial charge in [-0.1, -0.05) is 12.1 Å². The third-order valence-corrected chi connectivity index (χ3v) is 2.87. The molecule has 0 fully saturated rings. The molecule has 20 heavy (non-hydrogen) atoms. The molecule has 0 aliphatic rings. The van der Waals surface area contributed by atoms with Crippen molar-refractivity contribution in [3.8, 4) is 0 Å². The van der Waals surface area contributed by atoms with Crippen molar-refractivity contribution >= 4 is 0 Å². The fraction of sp³-hybridized carbons (Fsp3) is 0.214. The highest BCUT2D eigenvalue weighted by molar-refractivity contribution is 5.26. The zero-order chi connectivity index (χ0) is 14.8. The Bertz CT molecular complexity index is 561. The molecule has 0 saturated carbocycles. The number of hydrogen-bond acceptors (Lipinski definition) is 2. The van der Waals surface area contributed by atoms with E-state index in [1.165, 1.54) is 24.3 Å². The van der Waals surface area contributed by atoms with Crippen LogP contribution in [-0.2, 0) is 12.6 Å². The quantitative estimate of drug-likeness (QED) is 0.876. The molecule has 0 saturated heterocycles. The lowest BCUT2D eigenvalue weighted by Crippen LogP contribution is -2.15. The van der Waals surface area contributed by atoms with E-state index in [4.69, 9.17) is 5.73 Å². The average Bonchev–Trinajstić information content (AvgIpc) is 2.39. The Balaban J connectivity index is 2.08. The number of pyridine rings is 1. The molecule has 0 aliphatic carbocycles. The first kappa shape index (κ1) is 14.5. The molecule has 2 nitrogen and oxygen atoms in total. The van der Waals surface area contributed by atoms with Gasteiger partial charge in [0.25, 0.3) is 0 Å². The van der Waals surface area contributed by atoms with Crippen molar-refractivity contribution in [2.75, 3.05) is 0 Å². The van der Waals surface area contributed by atoms with Crippen molar-refractivity contribution in [2.45, 2.75) is 18.6 Å². The van der Waals surface area contributed by atoms with Crippen LogP contribution in [0.5, 0.6) is 0 Å². The van der Waals surface area contributed by atoms with Gasteiger partial charge in [0.05, 0.1) is 23.5 Å². The summed E-state index contributed by atoms with van der Waals surface area (Å²) in [6, 6.07) is 7.00. The second-order valence-electron chi connectivity index (χ2n) is 4.41. The second kappa shape index (κ2) is 5.58. The molecule has 0 radical (unpaired) electrons. The summed E-state index contributed by atoms with van der Waals surface area (Å²) >= 11 is 0. The molecule has 1 aromatic carbocycles. The van der Waals surface area contributed by atoms with Crippen LogP contribution < -0.4 is 5.73 Å². The maximum absolute atomic E-state index is 12.7. The molecule has 1 atom stereocenters. The maximum Gasteiger partial charge on any atom is 0.416 e. The van der Waals surface area contributed by atoms with E-state index < -0.39 is 23.6 Å². The largest absolute Gasteiger partial charge is 0.416 e. The summed E-state index contributed by atoms with van der Waals surface area (Å²) < 4.78 is 50.0. The normalized spacial score (nSPS) is 13.2. The van der Waals surface area contributed by atoms with Gasteiger partial charge in [-0.25, -0.2) is 4.39 Å². The molecular formula is C14H12F4N2. The molecule has 1 heterocycles. The first-order valence-corrected chi connectivity index (χ1v) is 5.89. The standard InChI is InChI=1S/C14H12F4N2/c15-11-5-6-13(20-8-11)12(19)7-9-1-3-10(4-2-9)14(16,17)18/h1-6,8,12H,7,19H2. The smallest absolute Gasteiger partial charge is 0.322 e. The summed E-state index contributed by atoms with van der Waals surface area (Å²) in [5, 5.41) is 0. The van der Waals surface area contributed by atoms with Crippen LogP contribution in [0.1, 0.15) is 22.9 Å². The van der Waals surface area contributed by atoms with Gasteiger partial charge in [-0.2, -0.15) is 13.2 Å².